The third-order valence-electron chi connectivity index (χ3n) is 2.69. The number of nitrogens with one attached hydrogen (secondary N) is 1. The summed E-state index contributed by atoms with van der Waals surface area (Å²) in [7, 11) is 1.80. The summed E-state index contributed by atoms with van der Waals surface area (Å²) in [4.78, 5) is 12.0. The molecule has 0 radical (unpaired) electrons. The second kappa shape index (κ2) is 5.40. The Balaban J connectivity index is 2.15. The summed E-state index contributed by atoms with van der Waals surface area (Å²) in [6.07, 6.45) is 1.56. The van der Waals surface area contributed by atoms with Gasteiger partial charge in [-0.1, -0.05) is 15.9 Å². The van der Waals surface area contributed by atoms with Crippen LogP contribution in [0.1, 0.15) is 29.1 Å². The van der Waals surface area contributed by atoms with Crippen LogP contribution >= 0.6 is 15.9 Å². The molecule has 0 aliphatic heterocycles. The van der Waals surface area contributed by atoms with Gasteiger partial charge in [0, 0.05) is 11.5 Å². The lowest BCUT2D eigenvalue weighted by Crippen LogP contribution is -2.28. The Bertz CT molecular complexity index is 612. The zero-order chi connectivity index (χ0) is 14.0. The number of phenolic OH excluding ortho intramolecular Hbond substituents is 1. The Kier molecular flexibility index (Phi) is 3.84. The van der Waals surface area contributed by atoms with E-state index in [0.29, 0.717) is 10.3 Å². The van der Waals surface area contributed by atoms with Gasteiger partial charge in [0.05, 0.1) is 11.6 Å². The summed E-state index contributed by atoms with van der Waals surface area (Å²) >= 11 is 3.22. The number of carbonyl (C=O) groups excluding carboxylic acids is 1. The van der Waals surface area contributed by atoms with Crippen molar-refractivity contribution in [1.82, 2.24) is 20.1 Å². The smallest absolute Gasteiger partial charge is 0.255 e. The minimum atomic E-state index is -0.361. The van der Waals surface area contributed by atoms with Gasteiger partial charge in [-0.25, -0.2) is 0 Å². The molecule has 1 aromatic heterocycles. The summed E-state index contributed by atoms with van der Waals surface area (Å²) < 4.78 is 2.44. The molecule has 0 aliphatic carbocycles. The first-order valence-corrected chi connectivity index (χ1v) is 6.41. The molecule has 0 saturated heterocycles. The molecule has 0 saturated carbocycles. The van der Waals surface area contributed by atoms with Crippen LogP contribution in [-0.2, 0) is 7.05 Å². The first-order valence-electron chi connectivity index (χ1n) is 5.62. The van der Waals surface area contributed by atoms with Crippen molar-refractivity contribution in [2.45, 2.75) is 13.0 Å². The van der Waals surface area contributed by atoms with E-state index in [9.17, 15) is 9.90 Å². The minimum absolute atomic E-state index is 0.0722. The zero-order valence-corrected chi connectivity index (χ0v) is 12.0. The SMILES string of the molecule is CC(NC(=O)c1ccc(Br)cc1O)c1nncn1C. The summed E-state index contributed by atoms with van der Waals surface area (Å²) in [6.45, 7) is 1.80. The van der Waals surface area contributed by atoms with Gasteiger partial charge < -0.3 is 15.0 Å². The number of aromatic hydroxyl groups is 1. The van der Waals surface area contributed by atoms with Crippen molar-refractivity contribution >= 4 is 21.8 Å². The first kappa shape index (κ1) is 13.5. The molecule has 100 valence electrons. The van der Waals surface area contributed by atoms with Gasteiger partial charge in [-0.2, -0.15) is 0 Å². The van der Waals surface area contributed by atoms with Crippen molar-refractivity contribution in [3.05, 3.63) is 40.4 Å². The monoisotopic (exact) mass is 324 g/mol. The van der Waals surface area contributed by atoms with Gasteiger partial charge in [0.15, 0.2) is 5.82 Å². The predicted octanol–water partition coefficient (Wildman–Crippen LogP) is 1.77. The number of benzene rings is 1. The van der Waals surface area contributed by atoms with Gasteiger partial charge in [0.25, 0.3) is 5.91 Å². The normalized spacial score (nSPS) is 12.2. The molecule has 0 bridgehead atoms. The molecule has 0 fully saturated rings. The van der Waals surface area contributed by atoms with Crippen LogP contribution in [0.5, 0.6) is 5.75 Å². The second-order valence-electron chi connectivity index (χ2n) is 4.16. The maximum atomic E-state index is 12.0. The molecule has 0 spiro atoms. The average molecular weight is 325 g/mol. The Morgan fingerprint density at radius 2 is 2.26 bits per heavy atom. The highest BCUT2D eigenvalue weighted by Crippen LogP contribution is 2.22. The zero-order valence-electron chi connectivity index (χ0n) is 10.5. The Labute approximate surface area is 118 Å². The standard InChI is InChI=1S/C12H13BrN4O2/c1-7(11-16-14-6-17(11)2)15-12(19)9-4-3-8(13)5-10(9)18/h3-7,18H,1-2H3,(H,15,19). The molecule has 2 N–H and O–H groups in total. The van der Waals surface area contributed by atoms with E-state index in [1.165, 1.54) is 6.07 Å². The number of halogens is 1. The van der Waals surface area contributed by atoms with Gasteiger partial charge in [0.2, 0.25) is 0 Å². The van der Waals surface area contributed by atoms with E-state index in [-0.39, 0.29) is 23.3 Å². The maximum absolute atomic E-state index is 12.0. The van der Waals surface area contributed by atoms with E-state index >= 15 is 0 Å². The lowest BCUT2D eigenvalue weighted by molar-refractivity contribution is 0.0935. The number of hydrogen-bond donors (Lipinski definition) is 2. The molecule has 0 aliphatic rings. The number of hydrogen-bond acceptors (Lipinski definition) is 4. The number of aromatic nitrogens is 3. The van der Waals surface area contributed by atoms with Crippen LogP contribution in [0.3, 0.4) is 0 Å². The number of aryl methyl sites for hydroxylation is 1. The van der Waals surface area contributed by atoms with Crippen molar-refractivity contribution in [2.75, 3.05) is 0 Å². The van der Waals surface area contributed by atoms with E-state index in [2.05, 4.69) is 31.4 Å². The number of nitrogens with zero attached hydrogens (tertiary/aromatic N) is 3. The highest BCUT2D eigenvalue weighted by molar-refractivity contribution is 9.10. The van der Waals surface area contributed by atoms with Crippen molar-refractivity contribution in [2.24, 2.45) is 7.05 Å². The Morgan fingerprint density at radius 1 is 1.53 bits per heavy atom. The fraction of sp³-hybridized carbons (Fsp3) is 0.250. The molecular formula is C12H13BrN4O2. The Hall–Kier alpha value is -1.89. The lowest BCUT2D eigenvalue weighted by Gasteiger charge is -2.13. The summed E-state index contributed by atoms with van der Waals surface area (Å²) in [5.74, 6) is 0.211. The van der Waals surface area contributed by atoms with Crippen molar-refractivity contribution < 1.29 is 9.90 Å². The predicted molar refractivity (Wildman–Crippen MR) is 72.7 cm³/mol. The summed E-state index contributed by atoms with van der Waals surface area (Å²) in [6, 6.07) is 4.42. The van der Waals surface area contributed by atoms with E-state index in [0.717, 1.165) is 0 Å². The number of phenols is 1. The third-order valence-corrected chi connectivity index (χ3v) is 3.18. The lowest BCUT2D eigenvalue weighted by atomic mass is 10.1. The first-order chi connectivity index (χ1) is 8.99. The maximum Gasteiger partial charge on any atom is 0.255 e. The van der Waals surface area contributed by atoms with Crippen molar-refractivity contribution in [1.29, 1.82) is 0 Å². The van der Waals surface area contributed by atoms with Crippen LogP contribution < -0.4 is 5.32 Å². The molecule has 1 heterocycles. The average Bonchev–Trinajstić information content (AvgIpc) is 2.75. The number of rotatable bonds is 3. The van der Waals surface area contributed by atoms with Crippen LogP contribution in [0.15, 0.2) is 29.0 Å². The highest BCUT2D eigenvalue weighted by Gasteiger charge is 2.17. The summed E-state index contributed by atoms with van der Waals surface area (Å²) in [5, 5.41) is 20.2. The third kappa shape index (κ3) is 2.93. The quantitative estimate of drug-likeness (QED) is 0.901. The fourth-order valence-corrected chi connectivity index (χ4v) is 2.07. The fourth-order valence-electron chi connectivity index (χ4n) is 1.72. The molecular weight excluding hydrogens is 312 g/mol. The van der Waals surface area contributed by atoms with Gasteiger partial charge >= 0.3 is 0 Å². The molecule has 2 rings (SSSR count). The molecule has 7 heteroatoms. The van der Waals surface area contributed by atoms with Gasteiger partial charge in [-0.05, 0) is 25.1 Å². The molecule has 6 nitrogen and oxygen atoms in total. The second-order valence-corrected chi connectivity index (χ2v) is 5.07. The largest absolute Gasteiger partial charge is 0.507 e. The highest BCUT2D eigenvalue weighted by atomic mass is 79.9. The van der Waals surface area contributed by atoms with Crippen molar-refractivity contribution in [3.63, 3.8) is 0 Å². The van der Waals surface area contributed by atoms with Crippen LogP contribution in [-0.4, -0.2) is 25.8 Å². The molecule has 19 heavy (non-hydrogen) atoms. The van der Waals surface area contributed by atoms with Gasteiger partial charge in [0.1, 0.15) is 12.1 Å². The molecule has 1 amide bonds. The van der Waals surface area contributed by atoms with Crippen LogP contribution in [0.25, 0.3) is 0 Å². The van der Waals surface area contributed by atoms with Crippen molar-refractivity contribution in [3.8, 4) is 5.75 Å². The van der Waals surface area contributed by atoms with E-state index in [1.807, 2.05) is 0 Å². The van der Waals surface area contributed by atoms with Gasteiger partial charge in [-0.15, -0.1) is 10.2 Å². The van der Waals surface area contributed by atoms with E-state index in [1.54, 1.807) is 37.0 Å². The van der Waals surface area contributed by atoms with Crippen LogP contribution in [0.4, 0.5) is 0 Å². The van der Waals surface area contributed by atoms with Crippen LogP contribution in [0, 0.1) is 0 Å². The molecule has 2 aromatic rings. The molecule has 1 aromatic carbocycles. The minimum Gasteiger partial charge on any atom is -0.507 e. The van der Waals surface area contributed by atoms with Gasteiger partial charge in [-0.3, -0.25) is 4.79 Å². The topological polar surface area (TPSA) is 80.0 Å². The van der Waals surface area contributed by atoms with E-state index in [4.69, 9.17) is 0 Å². The van der Waals surface area contributed by atoms with E-state index < -0.39 is 0 Å². The number of amides is 1. The Morgan fingerprint density at radius 3 is 2.84 bits per heavy atom. The molecule has 1 atom stereocenters. The molecule has 1 unspecified atom stereocenters. The number of carbonyl (C=O) groups is 1. The summed E-state index contributed by atoms with van der Waals surface area (Å²) in [5.41, 5.74) is 0.220. The van der Waals surface area contributed by atoms with Crippen LogP contribution in [0.2, 0.25) is 0 Å².